The average molecular weight is 482 g/mol. The molecule has 0 saturated heterocycles. The molecule has 6 heteroatoms. The van der Waals surface area contributed by atoms with Gasteiger partial charge in [-0.2, -0.15) is 0 Å². The highest BCUT2D eigenvalue weighted by Gasteiger charge is 2.34. The van der Waals surface area contributed by atoms with Gasteiger partial charge >= 0.3 is 0 Å². The number of ether oxygens (including phenoxy) is 1. The Morgan fingerprint density at radius 1 is 1.07 bits per heavy atom. The van der Waals surface area contributed by atoms with Crippen molar-refractivity contribution in [3.63, 3.8) is 0 Å². The van der Waals surface area contributed by atoms with Crippen molar-refractivity contribution in [2.75, 3.05) is 23.4 Å². The lowest BCUT2D eigenvalue weighted by molar-refractivity contribution is 0.102. The maximum atomic E-state index is 13.7. The standard InChI is InChI=1S/C24H18BrClN2O2/c25-20-9-5-4-8-18(20)23(29)19-13-15-12-16(26)14-21-22(15)28(10-11-30-21)24(19)27-17-6-2-1-3-7-17/h1-9,12,14,27H,10-11,13H2. The molecule has 2 aliphatic rings. The highest BCUT2D eigenvalue weighted by Crippen LogP contribution is 2.45. The minimum Gasteiger partial charge on any atom is -0.489 e. The van der Waals surface area contributed by atoms with Crippen LogP contribution in [-0.4, -0.2) is 18.9 Å². The Balaban J connectivity index is 1.68. The SMILES string of the molecule is O=C(C1=C(Nc2ccccc2)N2CCOc3cc(Cl)cc(c32)C1)c1ccccc1Br. The quantitative estimate of drug-likeness (QED) is 0.460. The molecule has 2 heterocycles. The van der Waals surface area contributed by atoms with Crippen molar-refractivity contribution in [1.29, 1.82) is 0 Å². The van der Waals surface area contributed by atoms with E-state index in [2.05, 4.69) is 26.1 Å². The molecule has 3 aromatic rings. The first-order chi connectivity index (χ1) is 14.6. The van der Waals surface area contributed by atoms with Crippen LogP contribution in [0.5, 0.6) is 5.75 Å². The zero-order chi connectivity index (χ0) is 20.7. The molecule has 0 amide bonds. The Kier molecular flexibility index (Phi) is 5.01. The number of nitrogens with zero attached hydrogens (tertiary/aromatic N) is 1. The lowest BCUT2D eigenvalue weighted by Gasteiger charge is -2.39. The van der Waals surface area contributed by atoms with Crippen LogP contribution in [0.1, 0.15) is 15.9 Å². The maximum absolute atomic E-state index is 13.7. The highest BCUT2D eigenvalue weighted by atomic mass is 79.9. The Morgan fingerprint density at radius 3 is 2.63 bits per heavy atom. The molecule has 0 unspecified atom stereocenters. The summed E-state index contributed by atoms with van der Waals surface area (Å²) >= 11 is 9.88. The van der Waals surface area contributed by atoms with Crippen molar-refractivity contribution in [2.45, 2.75) is 6.42 Å². The number of Topliss-reactive ketones (excluding diaryl/α,β-unsaturated/α-hetero) is 1. The number of benzene rings is 3. The topological polar surface area (TPSA) is 41.6 Å². The molecule has 0 atom stereocenters. The third kappa shape index (κ3) is 3.38. The molecule has 0 radical (unpaired) electrons. The van der Waals surface area contributed by atoms with E-state index in [1.807, 2.05) is 66.7 Å². The van der Waals surface area contributed by atoms with E-state index < -0.39 is 0 Å². The van der Waals surface area contributed by atoms with Gasteiger partial charge in [0.15, 0.2) is 5.78 Å². The lowest BCUT2D eigenvalue weighted by Crippen LogP contribution is -2.40. The average Bonchev–Trinajstić information content (AvgIpc) is 2.76. The van der Waals surface area contributed by atoms with E-state index in [0.717, 1.165) is 33.0 Å². The van der Waals surface area contributed by atoms with Crippen LogP contribution in [0.2, 0.25) is 5.02 Å². The first kappa shape index (κ1) is 19.2. The van der Waals surface area contributed by atoms with Gasteiger partial charge in [0, 0.05) is 38.8 Å². The molecule has 0 bridgehead atoms. The van der Waals surface area contributed by atoms with Gasteiger partial charge in [-0.15, -0.1) is 0 Å². The van der Waals surface area contributed by atoms with Crippen molar-refractivity contribution in [1.82, 2.24) is 0 Å². The predicted octanol–water partition coefficient (Wildman–Crippen LogP) is 6.06. The van der Waals surface area contributed by atoms with Crippen LogP contribution in [0.15, 0.2) is 82.6 Å². The van der Waals surface area contributed by atoms with Crippen LogP contribution in [0.4, 0.5) is 11.4 Å². The summed E-state index contributed by atoms with van der Waals surface area (Å²) in [6, 6.07) is 21.2. The number of hydrogen-bond donors (Lipinski definition) is 1. The molecule has 1 N–H and O–H groups in total. The second kappa shape index (κ2) is 7.82. The molecule has 0 saturated carbocycles. The van der Waals surface area contributed by atoms with Crippen LogP contribution in [0.3, 0.4) is 0 Å². The van der Waals surface area contributed by atoms with E-state index >= 15 is 0 Å². The highest BCUT2D eigenvalue weighted by molar-refractivity contribution is 9.10. The smallest absolute Gasteiger partial charge is 0.194 e. The van der Waals surface area contributed by atoms with E-state index in [1.165, 1.54) is 0 Å². The molecule has 0 fully saturated rings. The number of carbonyl (C=O) groups is 1. The summed E-state index contributed by atoms with van der Waals surface area (Å²) in [6.45, 7) is 1.16. The second-order valence-electron chi connectivity index (χ2n) is 7.22. The van der Waals surface area contributed by atoms with Gasteiger partial charge in [-0.3, -0.25) is 4.79 Å². The van der Waals surface area contributed by atoms with Crippen LogP contribution in [0.25, 0.3) is 0 Å². The molecule has 30 heavy (non-hydrogen) atoms. The summed E-state index contributed by atoms with van der Waals surface area (Å²) < 4.78 is 6.66. The molecular weight excluding hydrogens is 464 g/mol. The number of ketones is 1. The van der Waals surface area contributed by atoms with E-state index in [9.17, 15) is 4.79 Å². The summed E-state index contributed by atoms with van der Waals surface area (Å²) in [5.41, 5.74) is 4.24. The van der Waals surface area contributed by atoms with Crippen molar-refractivity contribution in [2.24, 2.45) is 0 Å². The summed E-state index contributed by atoms with van der Waals surface area (Å²) in [6.07, 6.45) is 0.470. The van der Waals surface area contributed by atoms with Gasteiger partial charge in [-0.25, -0.2) is 0 Å². The minimum atomic E-state index is -0.0143. The van der Waals surface area contributed by atoms with Gasteiger partial charge in [0.2, 0.25) is 0 Å². The Labute approximate surface area is 188 Å². The van der Waals surface area contributed by atoms with Gasteiger partial charge in [-0.05, 0) is 35.9 Å². The summed E-state index contributed by atoms with van der Waals surface area (Å²) in [5, 5.41) is 4.11. The molecule has 5 rings (SSSR count). The van der Waals surface area contributed by atoms with Crippen LogP contribution in [-0.2, 0) is 6.42 Å². The number of allylic oxidation sites excluding steroid dienone is 1. The Morgan fingerprint density at radius 2 is 1.83 bits per heavy atom. The van der Waals surface area contributed by atoms with E-state index in [0.29, 0.717) is 35.7 Å². The van der Waals surface area contributed by atoms with E-state index in [4.69, 9.17) is 16.3 Å². The van der Waals surface area contributed by atoms with Crippen molar-refractivity contribution in [3.05, 3.63) is 98.7 Å². The van der Waals surface area contributed by atoms with E-state index in [-0.39, 0.29) is 5.78 Å². The largest absolute Gasteiger partial charge is 0.489 e. The number of carbonyl (C=O) groups excluding carboxylic acids is 1. The number of anilines is 2. The monoisotopic (exact) mass is 480 g/mol. The lowest BCUT2D eigenvalue weighted by atomic mass is 9.91. The number of halogens is 2. The maximum Gasteiger partial charge on any atom is 0.194 e. The number of rotatable bonds is 4. The van der Waals surface area contributed by atoms with Crippen molar-refractivity contribution < 1.29 is 9.53 Å². The fourth-order valence-electron chi connectivity index (χ4n) is 4.00. The predicted molar refractivity (Wildman–Crippen MR) is 124 cm³/mol. The van der Waals surface area contributed by atoms with Crippen LogP contribution in [0, 0.1) is 0 Å². The first-order valence-electron chi connectivity index (χ1n) is 9.69. The molecule has 0 aromatic heterocycles. The molecule has 0 spiro atoms. The second-order valence-corrected chi connectivity index (χ2v) is 8.51. The fourth-order valence-corrected chi connectivity index (χ4v) is 4.69. The fraction of sp³-hybridized carbons (Fsp3) is 0.125. The molecule has 0 aliphatic carbocycles. The van der Waals surface area contributed by atoms with Gasteiger partial charge in [0.25, 0.3) is 0 Å². The van der Waals surface area contributed by atoms with Crippen molar-refractivity contribution >= 4 is 44.7 Å². The molecule has 2 aliphatic heterocycles. The molecular formula is C24H18BrClN2O2. The van der Waals surface area contributed by atoms with Gasteiger partial charge in [-0.1, -0.05) is 57.9 Å². The molecule has 4 nitrogen and oxygen atoms in total. The summed E-state index contributed by atoms with van der Waals surface area (Å²) in [4.78, 5) is 15.8. The zero-order valence-electron chi connectivity index (χ0n) is 16.0. The van der Waals surface area contributed by atoms with Crippen LogP contribution < -0.4 is 15.0 Å². The normalized spacial score (nSPS) is 14.8. The zero-order valence-corrected chi connectivity index (χ0v) is 18.3. The van der Waals surface area contributed by atoms with Crippen molar-refractivity contribution in [3.8, 4) is 5.75 Å². The van der Waals surface area contributed by atoms with Crippen LogP contribution >= 0.6 is 27.5 Å². The van der Waals surface area contributed by atoms with E-state index in [1.54, 1.807) is 0 Å². The number of para-hydroxylation sites is 1. The Bertz CT molecular complexity index is 1180. The third-order valence-electron chi connectivity index (χ3n) is 5.31. The van der Waals surface area contributed by atoms with Gasteiger partial charge in [0.05, 0.1) is 12.2 Å². The van der Waals surface area contributed by atoms with Gasteiger partial charge < -0.3 is 15.0 Å². The first-order valence-corrected chi connectivity index (χ1v) is 10.9. The summed E-state index contributed by atoms with van der Waals surface area (Å²) in [5.74, 6) is 1.53. The minimum absolute atomic E-state index is 0.0143. The Hall–Kier alpha value is -2.76. The summed E-state index contributed by atoms with van der Waals surface area (Å²) in [7, 11) is 0. The molecule has 3 aromatic carbocycles. The number of nitrogens with one attached hydrogen (secondary N) is 1. The molecule has 150 valence electrons. The van der Waals surface area contributed by atoms with Gasteiger partial charge in [0.1, 0.15) is 18.2 Å². The number of hydrogen-bond acceptors (Lipinski definition) is 4. The third-order valence-corrected chi connectivity index (χ3v) is 6.22.